The third-order valence-electron chi connectivity index (χ3n) is 2.53. The molecule has 0 unspecified atom stereocenters. The van der Waals surface area contributed by atoms with Gasteiger partial charge in [0.2, 0.25) is 0 Å². The Bertz CT molecular complexity index is 742. The number of nitrogens with zero attached hydrogens (tertiary/aromatic N) is 1. The number of alkyl halides is 3. The van der Waals surface area contributed by atoms with Crippen molar-refractivity contribution in [1.29, 1.82) is 0 Å². The van der Waals surface area contributed by atoms with Gasteiger partial charge in [-0.3, -0.25) is 14.9 Å². The van der Waals surface area contributed by atoms with Crippen molar-refractivity contribution in [3.8, 4) is 0 Å². The first kappa shape index (κ1) is 15.8. The topological polar surface area (TPSA) is 85.4 Å². The van der Waals surface area contributed by atoms with Crippen LogP contribution in [0.25, 0.3) is 0 Å². The van der Waals surface area contributed by atoms with Gasteiger partial charge in [0, 0.05) is 5.02 Å². The van der Waals surface area contributed by atoms with Crippen molar-refractivity contribution < 1.29 is 27.3 Å². The van der Waals surface area contributed by atoms with Crippen molar-refractivity contribution in [1.82, 2.24) is 0 Å². The maximum absolute atomic E-state index is 12.9. The van der Waals surface area contributed by atoms with Crippen LogP contribution in [-0.2, 0) is 6.18 Å². The lowest BCUT2D eigenvalue weighted by molar-refractivity contribution is -0.402. The van der Waals surface area contributed by atoms with Crippen LogP contribution in [0, 0.1) is 10.1 Å². The van der Waals surface area contributed by atoms with Crippen molar-refractivity contribution in [3.63, 3.8) is 0 Å². The fourth-order valence-corrected chi connectivity index (χ4v) is 1.76. The van der Waals surface area contributed by atoms with Crippen molar-refractivity contribution in [2.45, 2.75) is 6.18 Å². The average Bonchev–Trinajstić information content (AvgIpc) is 2.89. The fraction of sp³-hybridized carbons (Fsp3) is 0.0833. The van der Waals surface area contributed by atoms with E-state index in [1.807, 2.05) is 5.32 Å². The van der Waals surface area contributed by atoms with Crippen molar-refractivity contribution >= 4 is 29.1 Å². The first-order chi connectivity index (χ1) is 10.2. The molecular formula is C12H6ClF3N2O4. The largest absolute Gasteiger partial charge is 0.433 e. The number of benzene rings is 1. The molecule has 1 aromatic carbocycles. The first-order valence-electron chi connectivity index (χ1n) is 5.61. The summed E-state index contributed by atoms with van der Waals surface area (Å²) in [6.45, 7) is 0. The Balaban J connectivity index is 2.30. The normalized spacial score (nSPS) is 11.3. The summed E-state index contributed by atoms with van der Waals surface area (Å²) in [6.07, 6.45) is -4.73. The molecule has 0 aliphatic heterocycles. The number of nitrogens with one attached hydrogen (secondary N) is 1. The smallest absolute Gasteiger partial charge is 0.395 e. The van der Waals surface area contributed by atoms with Crippen molar-refractivity contribution in [3.05, 3.63) is 56.8 Å². The molecule has 1 heterocycles. The molecule has 0 aliphatic carbocycles. The van der Waals surface area contributed by atoms with Gasteiger partial charge < -0.3 is 9.73 Å². The van der Waals surface area contributed by atoms with Gasteiger partial charge in [0.1, 0.15) is 4.92 Å². The number of carbonyl (C=O) groups is 1. The second kappa shape index (κ2) is 5.68. The second-order valence-corrected chi connectivity index (χ2v) is 4.47. The van der Waals surface area contributed by atoms with Gasteiger partial charge in [0.15, 0.2) is 5.76 Å². The highest BCUT2D eigenvalue weighted by molar-refractivity contribution is 6.30. The molecule has 1 N–H and O–H groups in total. The Hall–Kier alpha value is -2.55. The minimum Gasteiger partial charge on any atom is -0.395 e. The number of nitro groups is 1. The third kappa shape index (κ3) is 3.37. The van der Waals surface area contributed by atoms with Crippen molar-refractivity contribution in [2.75, 3.05) is 5.32 Å². The summed E-state index contributed by atoms with van der Waals surface area (Å²) in [5.74, 6) is -2.24. The van der Waals surface area contributed by atoms with Gasteiger partial charge >= 0.3 is 12.1 Å². The van der Waals surface area contributed by atoms with E-state index in [0.29, 0.717) is 6.07 Å². The Morgan fingerprint density at radius 2 is 1.95 bits per heavy atom. The second-order valence-electron chi connectivity index (χ2n) is 4.04. The summed E-state index contributed by atoms with van der Waals surface area (Å²) >= 11 is 5.51. The van der Waals surface area contributed by atoms with Crippen LogP contribution in [0.5, 0.6) is 0 Å². The van der Waals surface area contributed by atoms with Crippen LogP contribution in [0.4, 0.5) is 24.7 Å². The summed E-state index contributed by atoms with van der Waals surface area (Å²) in [6, 6.07) is 4.69. The zero-order valence-corrected chi connectivity index (χ0v) is 11.2. The van der Waals surface area contributed by atoms with E-state index < -0.39 is 39.9 Å². The zero-order chi connectivity index (χ0) is 16.5. The van der Waals surface area contributed by atoms with Crippen LogP contribution in [0.3, 0.4) is 0 Å². The monoisotopic (exact) mass is 334 g/mol. The highest BCUT2D eigenvalue weighted by Crippen LogP contribution is 2.36. The van der Waals surface area contributed by atoms with E-state index in [9.17, 15) is 28.1 Å². The summed E-state index contributed by atoms with van der Waals surface area (Å²) in [4.78, 5) is 21.3. The number of halogens is 4. The fourth-order valence-electron chi connectivity index (χ4n) is 1.59. The van der Waals surface area contributed by atoms with Crippen LogP contribution < -0.4 is 5.32 Å². The molecule has 22 heavy (non-hydrogen) atoms. The van der Waals surface area contributed by atoms with Gasteiger partial charge in [0.25, 0.3) is 5.91 Å². The van der Waals surface area contributed by atoms with Gasteiger partial charge in [0.05, 0.1) is 17.3 Å². The molecule has 1 amide bonds. The molecular weight excluding hydrogens is 329 g/mol. The number of hydrogen-bond acceptors (Lipinski definition) is 4. The lowest BCUT2D eigenvalue weighted by Crippen LogP contribution is -2.16. The first-order valence-corrected chi connectivity index (χ1v) is 5.98. The van der Waals surface area contributed by atoms with Gasteiger partial charge in [-0.25, -0.2) is 0 Å². The summed E-state index contributed by atoms with van der Waals surface area (Å²) < 4.78 is 43.2. The molecule has 0 spiro atoms. The van der Waals surface area contributed by atoms with Gasteiger partial charge in [-0.15, -0.1) is 0 Å². The van der Waals surface area contributed by atoms with E-state index in [1.165, 1.54) is 0 Å². The quantitative estimate of drug-likeness (QED) is 0.676. The molecule has 0 bridgehead atoms. The molecule has 10 heteroatoms. The SMILES string of the molecule is O=C(Nc1ccc(Cl)cc1C(F)(F)F)c1ccc([N+](=O)[O-])o1. The number of amides is 1. The van der Waals surface area contributed by atoms with Crippen LogP contribution in [0.2, 0.25) is 5.02 Å². The van der Waals surface area contributed by atoms with Crippen LogP contribution in [0.15, 0.2) is 34.7 Å². The Labute approximate surface area is 125 Å². The molecule has 2 rings (SSSR count). The molecule has 0 aliphatic rings. The maximum atomic E-state index is 12.9. The van der Waals surface area contributed by atoms with E-state index >= 15 is 0 Å². The van der Waals surface area contributed by atoms with Crippen LogP contribution in [-0.4, -0.2) is 10.8 Å². The van der Waals surface area contributed by atoms with E-state index in [-0.39, 0.29) is 5.02 Å². The highest BCUT2D eigenvalue weighted by atomic mass is 35.5. The standard InChI is InChI=1S/C12H6ClF3N2O4/c13-6-1-2-8(7(5-6)12(14,15)16)17-11(19)9-3-4-10(22-9)18(20)21/h1-5H,(H,17,19). The molecule has 0 fully saturated rings. The molecule has 0 atom stereocenters. The molecule has 0 radical (unpaired) electrons. The molecule has 0 saturated carbocycles. The summed E-state index contributed by atoms with van der Waals surface area (Å²) in [5.41, 5.74) is -1.68. The number of carbonyl (C=O) groups excluding carboxylic acids is 1. The number of hydrogen-bond donors (Lipinski definition) is 1. The van der Waals surface area contributed by atoms with E-state index in [2.05, 4.69) is 4.42 Å². The maximum Gasteiger partial charge on any atom is 0.433 e. The Morgan fingerprint density at radius 1 is 1.27 bits per heavy atom. The van der Waals surface area contributed by atoms with E-state index in [1.54, 1.807) is 0 Å². The third-order valence-corrected chi connectivity index (χ3v) is 2.77. The summed E-state index contributed by atoms with van der Waals surface area (Å²) in [7, 11) is 0. The zero-order valence-electron chi connectivity index (χ0n) is 10.5. The van der Waals surface area contributed by atoms with Gasteiger partial charge in [-0.05, 0) is 24.3 Å². The number of furan rings is 1. The predicted octanol–water partition coefficient (Wildman–Crippen LogP) is 4.11. The van der Waals surface area contributed by atoms with Crippen LogP contribution >= 0.6 is 11.6 Å². The molecule has 1 aromatic heterocycles. The number of anilines is 1. The van der Waals surface area contributed by atoms with Crippen molar-refractivity contribution in [2.24, 2.45) is 0 Å². The van der Waals surface area contributed by atoms with Gasteiger partial charge in [-0.1, -0.05) is 11.6 Å². The predicted molar refractivity (Wildman–Crippen MR) is 69.8 cm³/mol. The van der Waals surface area contributed by atoms with E-state index in [0.717, 1.165) is 24.3 Å². The average molecular weight is 335 g/mol. The Morgan fingerprint density at radius 3 is 2.50 bits per heavy atom. The van der Waals surface area contributed by atoms with E-state index in [4.69, 9.17) is 11.6 Å². The molecule has 2 aromatic rings. The minimum absolute atomic E-state index is 0.154. The lowest BCUT2D eigenvalue weighted by Gasteiger charge is -2.13. The highest BCUT2D eigenvalue weighted by Gasteiger charge is 2.34. The Kier molecular flexibility index (Phi) is 4.09. The lowest BCUT2D eigenvalue weighted by atomic mass is 10.1. The molecule has 6 nitrogen and oxygen atoms in total. The minimum atomic E-state index is -4.73. The summed E-state index contributed by atoms with van der Waals surface area (Å²) in [5, 5.41) is 12.3. The van der Waals surface area contributed by atoms with Gasteiger partial charge in [-0.2, -0.15) is 13.2 Å². The molecule has 116 valence electrons. The van der Waals surface area contributed by atoms with Crippen LogP contribution in [0.1, 0.15) is 16.1 Å². The molecule has 0 saturated heterocycles. The number of rotatable bonds is 3.